The number of anilines is 2. The molecule has 2 aromatic rings. The van der Waals surface area contributed by atoms with Crippen LogP contribution >= 0.6 is 0 Å². The number of aryl methyl sites for hydroxylation is 2. The van der Waals surface area contributed by atoms with Crippen molar-refractivity contribution in [2.75, 3.05) is 18.9 Å². The average molecular weight is 312 g/mol. The molecule has 1 aromatic carbocycles. The Hall–Kier alpha value is -2.43. The first-order chi connectivity index (χ1) is 11.0. The maximum atomic E-state index is 12.2. The first-order valence-corrected chi connectivity index (χ1v) is 7.95. The summed E-state index contributed by atoms with van der Waals surface area (Å²) in [6.45, 7) is 6.93. The van der Waals surface area contributed by atoms with E-state index in [0.29, 0.717) is 11.5 Å². The average Bonchev–Trinajstić information content (AvgIpc) is 2.56. The number of para-hydroxylation sites is 1. The van der Waals surface area contributed by atoms with Crippen molar-refractivity contribution in [3.8, 4) is 0 Å². The number of nitrogens with zero attached hydrogens (tertiary/aromatic N) is 3. The maximum Gasteiger partial charge on any atom is 0.274 e. The van der Waals surface area contributed by atoms with E-state index in [4.69, 9.17) is 0 Å². The van der Waals surface area contributed by atoms with Crippen LogP contribution in [0.3, 0.4) is 0 Å². The molecule has 5 heteroatoms. The molecule has 5 nitrogen and oxygen atoms in total. The van der Waals surface area contributed by atoms with Crippen LogP contribution in [0.1, 0.15) is 41.4 Å². The van der Waals surface area contributed by atoms with Crippen LogP contribution in [0.5, 0.6) is 0 Å². The second-order valence-corrected chi connectivity index (χ2v) is 5.78. The zero-order chi connectivity index (χ0) is 16.8. The predicted molar refractivity (Wildman–Crippen MR) is 93.1 cm³/mol. The van der Waals surface area contributed by atoms with Crippen molar-refractivity contribution in [1.29, 1.82) is 0 Å². The highest BCUT2D eigenvalue weighted by atomic mass is 16.2. The number of carbonyl (C=O) groups excluding carboxylic acids is 1. The summed E-state index contributed by atoms with van der Waals surface area (Å²) in [7, 11) is 1.79. The van der Waals surface area contributed by atoms with E-state index in [0.717, 1.165) is 36.2 Å². The van der Waals surface area contributed by atoms with Gasteiger partial charge in [0.05, 0.1) is 0 Å². The summed E-state index contributed by atoms with van der Waals surface area (Å²) in [6, 6.07) is 9.62. The summed E-state index contributed by atoms with van der Waals surface area (Å²) in [5.74, 6) is 0.541. The SMILES string of the molecule is CCCCN(C)C(=O)c1ccc(Nc2c(C)cccc2C)nn1. The van der Waals surface area contributed by atoms with Gasteiger partial charge < -0.3 is 10.2 Å². The lowest BCUT2D eigenvalue weighted by Crippen LogP contribution is -2.28. The number of benzene rings is 1. The Bertz CT molecular complexity index is 647. The van der Waals surface area contributed by atoms with Crippen LogP contribution in [-0.2, 0) is 0 Å². The standard InChI is InChI=1S/C18H24N4O/c1-5-6-12-22(4)18(23)15-10-11-16(21-20-15)19-17-13(2)8-7-9-14(17)3/h7-11H,5-6,12H2,1-4H3,(H,19,21). The minimum Gasteiger partial charge on any atom is -0.340 e. The minimum atomic E-state index is -0.0930. The Balaban J connectivity index is 2.09. The molecule has 0 radical (unpaired) electrons. The van der Waals surface area contributed by atoms with Gasteiger partial charge in [-0.1, -0.05) is 31.5 Å². The van der Waals surface area contributed by atoms with Crippen molar-refractivity contribution >= 4 is 17.4 Å². The van der Waals surface area contributed by atoms with E-state index >= 15 is 0 Å². The predicted octanol–water partition coefficient (Wildman–Crippen LogP) is 3.71. The highest BCUT2D eigenvalue weighted by molar-refractivity contribution is 5.92. The van der Waals surface area contributed by atoms with Gasteiger partial charge in [-0.25, -0.2) is 0 Å². The topological polar surface area (TPSA) is 58.1 Å². The van der Waals surface area contributed by atoms with Crippen molar-refractivity contribution in [2.24, 2.45) is 0 Å². The largest absolute Gasteiger partial charge is 0.340 e. The molecule has 122 valence electrons. The van der Waals surface area contributed by atoms with Gasteiger partial charge in [0.1, 0.15) is 0 Å². The molecule has 1 aromatic heterocycles. The molecule has 23 heavy (non-hydrogen) atoms. The second-order valence-electron chi connectivity index (χ2n) is 5.78. The molecule has 0 bridgehead atoms. The molecule has 0 aliphatic heterocycles. The molecule has 0 saturated heterocycles. The molecule has 0 aliphatic carbocycles. The van der Waals surface area contributed by atoms with Crippen molar-refractivity contribution in [3.05, 3.63) is 47.2 Å². The zero-order valence-electron chi connectivity index (χ0n) is 14.3. The van der Waals surface area contributed by atoms with E-state index in [9.17, 15) is 4.79 Å². The van der Waals surface area contributed by atoms with Crippen LogP contribution < -0.4 is 5.32 Å². The monoisotopic (exact) mass is 312 g/mol. The van der Waals surface area contributed by atoms with Gasteiger partial charge >= 0.3 is 0 Å². The molecule has 1 N–H and O–H groups in total. The summed E-state index contributed by atoms with van der Waals surface area (Å²) in [4.78, 5) is 13.9. The highest BCUT2D eigenvalue weighted by Gasteiger charge is 2.13. The van der Waals surface area contributed by atoms with Gasteiger partial charge in [0.15, 0.2) is 11.5 Å². The maximum absolute atomic E-state index is 12.2. The number of hydrogen-bond acceptors (Lipinski definition) is 4. The number of nitrogens with one attached hydrogen (secondary N) is 1. The Morgan fingerprint density at radius 2 is 1.83 bits per heavy atom. The Labute approximate surface area is 137 Å². The number of hydrogen-bond donors (Lipinski definition) is 1. The molecule has 1 amide bonds. The van der Waals surface area contributed by atoms with Gasteiger partial charge in [0.25, 0.3) is 5.91 Å². The molecule has 0 aliphatic rings. The zero-order valence-corrected chi connectivity index (χ0v) is 14.3. The van der Waals surface area contributed by atoms with Crippen molar-refractivity contribution in [3.63, 3.8) is 0 Å². The van der Waals surface area contributed by atoms with Crippen LogP contribution in [0, 0.1) is 13.8 Å². The van der Waals surface area contributed by atoms with Crippen LogP contribution in [0.25, 0.3) is 0 Å². The first kappa shape index (κ1) is 16.9. The molecule has 0 fully saturated rings. The third kappa shape index (κ3) is 4.28. The van der Waals surface area contributed by atoms with Gasteiger partial charge in [0.2, 0.25) is 0 Å². The van der Waals surface area contributed by atoms with E-state index < -0.39 is 0 Å². The minimum absolute atomic E-state index is 0.0930. The molecule has 0 saturated carbocycles. The Morgan fingerprint density at radius 3 is 2.39 bits per heavy atom. The van der Waals surface area contributed by atoms with E-state index in [1.54, 1.807) is 24.1 Å². The summed E-state index contributed by atoms with van der Waals surface area (Å²) >= 11 is 0. The van der Waals surface area contributed by atoms with Gasteiger partial charge in [-0.05, 0) is 43.5 Å². The van der Waals surface area contributed by atoms with Crippen LogP contribution in [0.4, 0.5) is 11.5 Å². The van der Waals surface area contributed by atoms with Crippen molar-refractivity contribution in [1.82, 2.24) is 15.1 Å². The quantitative estimate of drug-likeness (QED) is 0.883. The fourth-order valence-corrected chi connectivity index (χ4v) is 2.35. The van der Waals surface area contributed by atoms with E-state index in [-0.39, 0.29) is 5.91 Å². The van der Waals surface area contributed by atoms with E-state index in [1.807, 2.05) is 32.0 Å². The lowest BCUT2D eigenvalue weighted by molar-refractivity contribution is 0.0786. The van der Waals surface area contributed by atoms with Gasteiger partial charge in [-0.3, -0.25) is 4.79 Å². The van der Waals surface area contributed by atoms with Crippen molar-refractivity contribution in [2.45, 2.75) is 33.6 Å². The molecule has 0 atom stereocenters. The van der Waals surface area contributed by atoms with E-state index in [2.05, 4.69) is 22.4 Å². The molecule has 0 spiro atoms. The van der Waals surface area contributed by atoms with Crippen molar-refractivity contribution < 1.29 is 4.79 Å². The fraction of sp³-hybridized carbons (Fsp3) is 0.389. The molecular formula is C18H24N4O. The van der Waals surface area contributed by atoms with Gasteiger partial charge in [-0.15, -0.1) is 10.2 Å². The number of aromatic nitrogens is 2. The third-order valence-corrected chi connectivity index (χ3v) is 3.81. The van der Waals surface area contributed by atoms with Gasteiger partial charge in [0, 0.05) is 19.3 Å². The number of carbonyl (C=O) groups is 1. The smallest absolute Gasteiger partial charge is 0.274 e. The Morgan fingerprint density at radius 1 is 1.13 bits per heavy atom. The third-order valence-electron chi connectivity index (χ3n) is 3.81. The summed E-state index contributed by atoms with van der Waals surface area (Å²) in [6.07, 6.45) is 2.05. The summed E-state index contributed by atoms with van der Waals surface area (Å²) in [5, 5.41) is 11.5. The Kier molecular flexibility index (Phi) is 5.68. The molecule has 1 heterocycles. The number of unbranched alkanes of at least 4 members (excludes halogenated alkanes) is 1. The second kappa shape index (κ2) is 7.72. The first-order valence-electron chi connectivity index (χ1n) is 7.95. The highest BCUT2D eigenvalue weighted by Crippen LogP contribution is 2.22. The fourth-order valence-electron chi connectivity index (χ4n) is 2.35. The molecule has 0 unspecified atom stereocenters. The van der Waals surface area contributed by atoms with Crippen LogP contribution in [0.2, 0.25) is 0 Å². The lowest BCUT2D eigenvalue weighted by atomic mass is 10.1. The van der Waals surface area contributed by atoms with E-state index in [1.165, 1.54) is 0 Å². The number of rotatable bonds is 6. The van der Waals surface area contributed by atoms with Gasteiger partial charge in [-0.2, -0.15) is 0 Å². The summed E-state index contributed by atoms with van der Waals surface area (Å²) < 4.78 is 0. The number of amides is 1. The normalized spacial score (nSPS) is 10.4. The lowest BCUT2D eigenvalue weighted by Gasteiger charge is -2.16. The molecular weight excluding hydrogens is 288 g/mol. The summed E-state index contributed by atoms with van der Waals surface area (Å²) in [5.41, 5.74) is 3.69. The van der Waals surface area contributed by atoms with Crippen LogP contribution in [0.15, 0.2) is 30.3 Å². The molecule has 2 rings (SSSR count). The van der Waals surface area contributed by atoms with Crippen LogP contribution in [-0.4, -0.2) is 34.6 Å².